The fraction of sp³-hybridized carbons (Fsp3) is 0.571. The minimum Gasteiger partial charge on any atom is -0.391 e. The molecule has 266 valence electrons. The standard InChI is InChI=1S/C35H52N4O8S/c1-22(2)19-36-35(43)29(23(3)4)18-32(40)31-21-47-20-24-10-8-11-25(14-24)30(12-9-13-46-6)37-33(41)26-15-27(34(42)38-31)17-28(16-26)39(5)48(7,44)45/h8,10-11,14-17,22-23,29-32,40H,9,12-13,18-21H2,1-7H3,(H,36,43)(H,37,41)(H,38,42)/t29-,30?,31-,32-/m0/s1. The number of carbonyl (C=O) groups excluding carboxylic acids is 3. The summed E-state index contributed by atoms with van der Waals surface area (Å²) in [5, 5.41) is 20.3. The third kappa shape index (κ3) is 11.3. The quantitative estimate of drug-likeness (QED) is 0.233. The van der Waals surface area contributed by atoms with E-state index in [0.717, 1.165) is 21.7 Å². The number of amides is 3. The van der Waals surface area contributed by atoms with Crippen LogP contribution in [0.2, 0.25) is 0 Å². The maximum Gasteiger partial charge on any atom is 0.251 e. The lowest BCUT2D eigenvalue weighted by Crippen LogP contribution is -2.48. The molecule has 4 atom stereocenters. The minimum absolute atomic E-state index is 0.0202. The second-order valence-electron chi connectivity index (χ2n) is 13.3. The summed E-state index contributed by atoms with van der Waals surface area (Å²) in [6.45, 7) is 8.91. The Morgan fingerprint density at radius 3 is 2.35 bits per heavy atom. The first-order chi connectivity index (χ1) is 22.6. The molecular formula is C35H52N4O8S. The molecule has 1 aliphatic heterocycles. The van der Waals surface area contributed by atoms with Crippen LogP contribution in [-0.2, 0) is 30.9 Å². The molecule has 0 aliphatic carbocycles. The summed E-state index contributed by atoms with van der Waals surface area (Å²) in [4.78, 5) is 40.7. The predicted octanol–water partition coefficient (Wildman–Crippen LogP) is 3.40. The average Bonchev–Trinajstić information content (AvgIpc) is 3.03. The van der Waals surface area contributed by atoms with E-state index in [4.69, 9.17) is 9.47 Å². The summed E-state index contributed by atoms with van der Waals surface area (Å²) < 4.78 is 37.3. The second kappa shape index (κ2) is 17.8. The van der Waals surface area contributed by atoms with Gasteiger partial charge >= 0.3 is 0 Å². The lowest BCUT2D eigenvalue weighted by atomic mass is 9.87. The molecule has 12 nitrogen and oxygen atoms in total. The number of hydrogen-bond acceptors (Lipinski definition) is 8. The summed E-state index contributed by atoms with van der Waals surface area (Å²) >= 11 is 0. The topological polar surface area (TPSA) is 163 Å². The molecule has 3 rings (SSSR count). The molecule has 2 aromatic carbocycles. The number of ether oxygens (including phenoxy) is 2. The van der Waals surface area contributed by atoms with Crippen molar-refractivity contribution >= 4 is 33.4 Å². The predicted molar refractivity (Wildman–Crippen MR) is 185 cm³/mol. The van der Waals surface area contributed by atoms with Crippen LogP contribution in [0.15, 0.2) is 42.5 Å². The number of hydrogen-bond donors (Lipinski definition) is 4. The van der Waals surface area contributed by atoms with Gasteiger partial charge in [-0.05, 0) is 60.4 Å². The maximum atomic E-state index is 13.8. The lowest BCUT2D eigenvalue weighted by Gasteiger charge is -2.29. The Kier molecular flexibility index (Phi) is 14.4. The summed E-state index contributed by atoms with van der Waals surface area (Å²) in [6.07, 6.45) is 1.16. The Balaban J connectivity index is 2.06. The van der Waals surface area contributed by atoms with E-state index in [1.54, 1.807) is 7.11 Å². The Hall–Kier alpha value is -3.52. The van der Waals surface area contributed by atoms with Crippen LogP contribution in [-0.4, -0.2) is 83.6 Å². The van der Waals surface area contributed by atoms with Crippen molar-refractivity contribution in [2.45, 2.75) is 71.8 Å². The molecule has 0 saturated heterocycles. The first-order valence-electron chi connectivity index (χ1n) is 16.4. The van der Waals surface area contributed by atoms with Gasteiger partial charge in [-0.3, -0.25) is 18.7 Å². The van der Waals surface area contributed by atoms with Gasteiger partial charge in [0.25, 0.3) is 11.8 Å². The number of aliphatic hydroxyl groups is 1. The third-order valence-electron chi connectivity index (χ3n) is 8.47. The van der Waals surface area contributed by atoms with E-state index in [1.807, 2.05) is 52.0 Å². The van der Waals surface area contributed by atoms with Crippen molar-refractivity contribution in [3.05, 3.63) is 64.7 Å². The van der Waals surface area contributed by atoms with Gasteiger partial charge in [-0.2, -0.15) is 0 Å². The number of benzene rings is 2. The van der Waals surface area contributed by atoms with Gasteiger partial charge in [0.05, 0.1) is 43.3 Å². The van der Waals surface area contributed by atoms with Crippen molar-refractivity contribution in [1.82, 2.24) is 16.0 Å². The van der Waals surface area contributed by atoms with E-state index >= 15 is 0 Å². The van der Waals surface area contributed by atoms with Crippen molar-refractivity contribution in [1.29, 1.82) is 0 Å². The van der Waals surface area contributed by atoms with Crippen LogP contribution >= 0.6 is 0 Å². The Morgan fingerprint density at radius 1 is 1.08 bits per heavy atom. The van der Waals surface area contributed by atoms with Gasteiger partial charge in [-0.1, -0.05) is 52.0 Å². The lowest BCUT2D eigenvalue weighted by molar-refractivity contribution is -0.128. The zero-order chi connectivity index (χ0) is 35.6. The number of sulfonamides is 1. The smallest absolute Gasteiger partial charge is 0.251 e. The van der Waals surface area contributed by atoms with Crippen molar-refractivity contribution in [3.63, 3.8) is 0 Å². The molecule has 1 unspecified atom stereocenters. The number of methoxy groups -OCH3 is 1. The molecular weight excluding hydrogens is 636 g/mol. The second-order valence-corrected chi connectivity index (χ2v) is 15.3. The Morgan fingerprint density at radius 2 is 1.75 bits per heavy atom. The molecule has 48 heavy (non-hydrogen) atoms. The van der Waals surface area contributed by atoms with Crippen molar-refractivity contribution < 1.29 is 37.4 Å². The number of rotatable bonds is 13. The molecule has 1 aliphatic rings. The number of anilines is 1. The highest BCUT2D eigenvalue weighted by atomic mass is 32.2. The summed E-state index contributed by atoms with van der Waals surface area (Å²) in [6, 6.07) is 10.5. The number of nitrogens with one attached hydrogen (secondary N) is 3. The van der Waals surface area contributed by atoms with Crippen LogP contribution in [0.5, 0.6) is 0 Å². The van der Waals surface area contributed by atoms with Crippen LogP contribution in [0, 0.1) is 17.8 Å². The van der Waals surface area contributed by atoms with E-state index in [-0.39, 0.29) is 54.2 Å². The summed E-state index contributed by atoms with van der Waals surface area (Å²) in [7, 11) is -0.793. The molecule has 0 spiro atoms. The molecule has 3 amide bonds. The van der Waals surface area contributed by atoms with E-state index in [9.17, 15) is 27.9 Å². The van der Waals surface area contributed by atoms with Crippen molar-refractivity contribution in [2.24, 2.45) is 17.8 Å². The zero-order valence-corrected chi connectivity index (χ0v) is 29.9. The van der Waals surface area contributed by atoms with Gasteiger partial charge in [-0.25, -0.2) is 8.42 Å². The zero-order valence-electron chi connectivity index (χ0n) is 29.1. The van der Waals surface area contributed by atoms with Crippen LogP contribution in [0.4, 0.5) is 5.69 Å². The fourth-order valence-corrected chi connectivity index (χ4v) is 5.98. The van der Waals surface area contributed by atoms with Gasteiger partial charge in [0, 0.05) is 44.4 Å². The van der Waals surface area contributed by atoms with Gasteiger partial charge in [0.15, 0.2) is 0 Å². The summed E-state index contributed by atoms with van der Waals surface area (Å²) in [5.74, 6) is -1.66. The highest BCUT2D eigenvalue weighted by Gasteiger charge is 2.31. The van der Waals surface area contributed by atoms with E-state index in [1.165, 1.54) is 25.2 Å². The summed E-state index contributed by atoms with van der Waals surface area (Å²) in [5.41, 5.74) is 1.90. The molecule has 0 radical (unpaired) electrons. The number of aliphatic hydroxyl groups excluding tert-OH is 1. The largest absolute Gasteiger partial charge is 0.391 e. The average molecular weight is 689 g/mol. The van der Waals surface area contributed by atoms with Crippen LogP contribution < -0.4 is 20.3 Å². The third-order valence-corrected chi connectivity index (χ3v) is 9.68. The molecule has 4 N–H and O–H groups in total. The molecule has 0 aromatic heterocycles. The number of carbonyl (C=O) groups is 3. The van der Waals surface area contributed by atoms with Crippen LogP contribution in [0.3, 0.4) is 0 Å². The van der Waals surface area contributed by atoms with Gasteiger partial charge in [0.1, 0.15) is 0 Å². The molecule has 2 aromatic rings. The van der Waals surface area contributed by atoms with Crippen LogP contribution in [0.25, 0.3) is 0 Å². The number of fused-ring (bicyclic) bond motifs is 4. The van der Waals surface area contributed by atoms with Gasteiger partial charge in [0.2, 0.25) is 15.9 Å². The van der Waals surface area contributed by atoms with Crippen molar-refractivity contribution in [2.75, 3.05) is 44.5 Å². The molecule has 0 saturated carbocycles. The van der Waals surface area contributed by atoms with Crippen LogP contribution in [0.1, 0.15) is 84.8 Å². The first kappa shape index (κ1) is 38.9. The van der Waals surface area contributed by atoms with E-state index in [0.29, 0.717) is 26.0 Å². The highest BCUT2D eigenvalue weighted by molar-refractivity contribution is 7.92. The molecule has 4 bridgehead atoms. The van der Waals surface area contributed by atoms with Crippen molar-refractivity contribution in [3.8, 4) is 0 Å². The van der Waals surface area contributed by atoms with E-state index < -0.39 is 45.9 Å². The molecule has 1 heterocycles. The normalized spacial score (nSPS) is 18.7. The first-order valence-corrected chi connectivity index (χ1v) is 18.3. The monoisotopic (exact) mass is 688 g/mol. The number of nitrogens with zero attached hydrogens (tertiary/aromatic N) is 1. The van der Waals surface area contributed by atoms with Gasteiger partial charge < -0.3 is 30.5 Å². The molecule has 0 fully saturated rings. The Labute approximate surface area is 285 Å². The van der Waals surface area contributed by atoms with Gasteiger partial charge in [-0.15, -0.1) is 0 Å². The minimum atomic E-state index is -3.74. The highest BCUT2D eigenvalue weighted by Crippen LogP contribution is 2.26. The Bertz CT molecular complexity index is 1510. The maximum absolute atomic E-state index is 13.8. The molecule has 13 heteroatoms. The fourth-order valence-electron chi connectivity index (χ4n) is 5.49. The SMILES string of the molecule is COCCCC1NC(=O)c2cc(cc(N(C)S(C)(=O)=O)c2)C(=O)N[C@H]([C@@H](O)C[C@H](C(=O)NCC(C)C)C(C)C)COCc2cccc1c2. The van der Waals surface area contributed by atoms with E-state index in [2.05, 4.69) is 16.0 Å².